The summed E-state index contributed by atoms with van der Waals surface area (Å²) >= 11 is 23.9. The Labute approximate surface area is 203 Å². The Morgan fingerprint density at radius 2 is 1.69 bits per heavy atom. The van der Waals surface area contributed by atoms with E-state index in [1.165, 1.54) is 4.68 Å². The standard InChI is InChI=1S/C21H15Cl4N5O2/c22-14-2-4-19(17(25)10-14)32-12-30-7-5-18(27-30)21(31)26-20-6-8-29(28-20)11-13-1-3-15(23)16(24)9-13/h1-10H,11-12H2,(H,26,28,31). The summed E-state index contributed by atoms with van der Waals surface area (Å²) in [6.45, 7) is 0.554. The molecule has 1 amide bonds. The summed E-state index contributed by atoms with van der Waals surface area (Å²) in [5.41, 5.74) is 1.15. The van der Waals surface area contributed by atoms with Gasteiger partial charge in [-0.2, -0.15) is 10.2 Å². The second-order valence-electron chi connectivity index (χ2n) is 6.69. The van der Waals surface area contributed by atoms with E-state index in [4.69, 9.17) is 51.1 Å². The molecule has 4 aromatic rings. The van der Waals surface area contributed by atoms with Crippen molar-refractivity contribution in [1.82, 2.24) is 19.6 Å². The van der Waals surface area contributed by atoms with Crippen LogP contribution in [-0.2, 0) is 13.3 Å². The van der Waals surface area contributed by atoms with E-state index in [2.05, 4.69) is 15.5 Å². The number of hydrogen-bond donors (Lipinski definition) is 1. The lowest BCUT2D eigenvalue weighted by Gasteiger charge is -2.08. The van der Waals surface area contributed by atoms with Gasteiger partial charge in [0.05, 0.1) is 21.6 Å². The molecule has 1 N–H and O–H groups in total. The smallest absolute Gasteiger partial charge is 0.277 e. The molecule has 2 aromatic carbocycles. The van der Waals surface area contributed by atoms with Crippen LogP contribution in [0.3, 0.4) is 0 Å². The van der Waals surface area contributed by atoms with Gasteiger partial charge in [-0.3, -0.25) is 9.48 Å². The summed E-state index contributed by atoms with van der Waals surface area (Å²) in [6, 6.07) is 13.6. The molecule has 0 aliphatic heterocycles. The van der Waals surface area contributed by atoms with Crippen molar-refractivity contribution in [1.29, 1.82) is 0 Å². The average molecular weight is 511 g/mol. The third-order valence-corrected chi connectivity index (χ3v) is 5.60. The van der Waals surface area contributed by atoms with E-state index < -0.39 is 5.91 Å². The molecule has 11 heteroatoms. The quantitative estimate of drug-likeness (QED) is 0.329. The predicted octanol–water partition coefficient (Wildman–Crippen LogP) is 6.03. The number of nitrogens with one attached hydrogen (secondary N) is 1. The van der Waals surface area contributed by atoms with Crippen LogP contribution >= 0.6 is 46.4 Å². The van der Waals surface area contributed by atoms with Crippen molar-refractivity contribution in [3.8, 4) is 5.75 Å². The number of amides is 1. The molecule has 0 aliphatic rings. The topological polar surface area (TPSA) is 74.0 Å². The molecule has 0 saturated heterocycles. The van der Waals surface area contributed by atoms with Crippen LogP contribution in [0, 0.1) is 0 Å². The SMILES string of the molecule is O=C(Nc1ccn(Cc2ccc(Cl)c(Cl)c2)n1)c1ccn(COc2ccc(Cl)cc2Cl)n1. The monoisotopic (exact) mass is 509 g/mol. The van der Waals surface area contributed by atoms with Gasteiger partial charge in [0.15, 0.2) is 18.2 Å². The lowest BCUT2D eigenvalue weighted by Crippen LogP contribution is -2.15. The van der Waals surface area contributed by atoms with Crippen molar-refractivity contribution in [2.45, 2.75) is 13.3 Å². The summed E-state index contributed by atoms with van der Waals surface area (Å²) in [7, 11) is 0. The minimum atomic E-state index is -0.395. The molecule has 0 aliphatic carbocycles. The highest BCUT2D eigenvalue weighted by atomic mass is 35.5. The van der Waals surface area contributed by atoms with Gasteiger partial charge < -0.3 is 10.1 Å². The minimum Gasteiger partial charge on any atom is -0.470 e. The summed E-state index contributed by atoms with van der Waals surface area (Å²) in [4.78, 5) is 12.5. The fourth-order valence-corrected chi connectivity index (χ4v) is 3.59. The number of anilines is 1. The van der Waals surface area contributed by atoms with E-state index in [0.29, 0.717) is 38.2 Å². The average Bonchev–Trinajstić information content (AvgIpc) is 3.40. The fraction of sp³-hybridized carbons (Fsp3) is 0.0952. The highest BCUT2D eigenvalue weighted by Gasteiger charge is 2.12. The number of carbonyl (C=O) groups is 1. The van der Waals surface area contributed by atoms with Crippen LogP contribution in [0.1, 0.15) is 16.1 Å². The van der Waals surface area contributed by atoms with Crippen molar-refractivity contribution in [2.75, 3.05) is 5.32 Å². The Kier molecular flexibility index (Phi) is 6.91. The molecule has 2 aromatic heterocycles. The molecular weight excluding hydrogens is 496 g/mol. The van der Waals surface area contributed by atoms with Gasteiger partial charge in [-0.05, 0) is 42.0 Å². The normalized spacial score (nSPS) is 10.9. The number of halogens is 4. The van der Waals surface area contributed by atoms with Crippen LogP contribution in [0.25, 0.3) is 0 Å². The van der Waals surface area contributed by atoms with Crippen molar-refractivity contribution in [3.63, 3.8) is 0 Å². The number of hydrogen-bond acceptors (Lipinski definition) is 4. The lowest BCUT2D eigenvalue weighted by atomic mass is 10.2. The molecule has 0 fully saturated rings. The molecule has 0 atom stereocenters. The Morgan fingerprint density at radius 3 is 2.47 bits per heavy atom. The Bertz CT molecular complexity index is 1270. The van der Waals surface area contributed by atoms with E-state index in [1.807, 2.05) is 6.07 Å². The molecule has 0 bridgehead atoms. The Balaban J connectivity index is 1.34. The number of aromatic nitrogens is 4. The van der Waals surface area contributed by atoms with Gasteiger partial charge in [0.25, 0.3) is 5.91 Å². The van der Waals surface area contributed by atoms with E-state index in [1.54, 1.807) is 59.5 Å². The van der Waals surface area contributed by atoms with Gasteiger partial charge in [0, 0.05) is 23.5 Å². The molecule has 0 unspecified atom stereocenters. The van der Waals surface area contributed by atoms with Crippen molar-refractivity contribution in [2.24, 2.45) is 0 Å². The molecule has 0 saturated carbocycles. The van der Waals surface area contributed by atoms with E-state index in [-0.39, 0.29) is 12.4 Å². The number of carbonyl (C=O) groups excluding carboxylic acids is 1. The highest BCUT2D eigenvalue weighted by molar-refractivity contribution is 6.42. The second-order valence-corrected chi connectivity index (χ2v) is 8.35. The second kappa shape index (κ2) is 9.83. The van der Waals surface area contributed by atoms with E-state index >= 15 is 0 Å². The van der Waals surface area contributed by atoms with Crippen LogP contribution in [0.2, 0.25) is 20.1 Å². The highest BCUT2D eigenvalue weighted by Crippen LogP contribution is 2.27. The van der Waals surface area contributed by atoms with Crippen LogP contribution in [0.15, 0.2) is 60.9 Å². The van der Waals surface area contributed by atoms with Crippen LogP contribution in [0.5, 0.6) is 5.75 Å². The maximum atomic E-state index is 12.5. The first-order chi connectivity index (χ1) is 15.4. The largest absolute Gasteiger partial charge is 0.470 e. The van der Waals surface area contributed by atoms with Crippen LogP contribution in [-0.4, -0.2) is 25.5 Å². The Morgan fingerprint density at radius 1 is 0.875 bits per heavy atom. The molecular formula is C21H15Cl4N5O2. The predicted molar refractivity (Wildman–Crippen MR) is 125 cm³/mol. The Hall–Kier alpha value is -2.71. The fourth-order valence-electron chi connectivity index (χ4n) is 2.80. The van der Waals surface area contributed by atoms with Gasteiger partial charge in [-0.1, -0.05) is 52.5 Å². The number of rotatable bonds is 7. The van der Waals surface area contributed by atoms with Gasteiger partial charge in [-0.15, -0.1) is 0 Å². The third kappa shape index (κ3) is 5.55. The molecule has 7 nitrogen and oxygen atoms in total. The molecule has 0 radical (unpaired) electrons. The van der Waals surface area contributed by atoms with Crippen molar-refractivity contribution >= 4 is 58.1 Å². The van der Waals surface area contributed by atoms with Gasteiger partial charge in [-0.25, -0.2) is 4.68 Å². The van der Waals surface area contributed by atoms with Gasteiger partial charge >= 0.3 is 0 Å². The minimum absolute atomic E-state index is 0.0763. The van der Waals surface area contributed by atoms with Crippen molar-refractivity contribution in [3.05, 3.63) is 92.3 Å². The van der Waals surface area contributed by atoms with Gasteiger partial charge in [0.1, 0.15) is 5.75 Å². The zero-order chi connectivity index (χ0) is 22.7. The first kappa shape index (κ1) is 22.5. The van der Waals surface area contributed by atoms with Crippen LogP contribution in [0.4, 0.5) is 5.82 Å². The van der Waals surface area contributed by atoms with Gasteiger partial charge in [0.2, 0.25) is 0 Å². The van der Waals surface area contributed by atoms with E-state index in [0.717, 1.165) is 5.56 Å². The summed E-state index contributed by atoms with van der Waals surface area (Å²) in [6.07, 6.45) is 3.38. The molecule has 0 spiro atoms. The molecule has 164 valence electrons. The number of nitrogens with zero attached hydrogens (tertiary/aromatic N) is 4. The summed E-state index contributed by atoms with van der Waals surface area (Å²) < 4.78 is 8.76. The number of benzene rings is 2. The first-order valence-electron chi connectivity index (χ1n) is 9.27. The first-order valence-corrected chi connectivity index (χ1v) is 10.8. The van der Waals surface area contributed by atoms with E-state index in [9.17, 15) is 4.79 Å². The summed E-state index contributed by atoms with van der Waals surface area (Å²) in [5.74, 6) is 0.465. The summed E-state index contributed by atoms with van der Waals surface area (Å²) in [5, 5.41) is 13.1. The molecule has 32 heavy (non-hydrogen) atoms. The zero-order valence-corrected chi connectivity index (χ0v) is 19.3. The molecule has 4 rings (SSSR count). The third-order valence-electron chi connectivity index (χ3n) is 4.33. The van der Waals surface area contributed by atoms with Crippen LogP contribution < -0.4 is 10.1 Å². The maximum Gasteiger partial charge on any atom is 0.277 e. The zero-order valence-electron chi connectivity index (χ0n) is 16.3. The molecule has 2 heterocycles. The lowest BCUT2D eigenvalue weighted by molar-refractivity contribution is 0.101. The van der Waals surface area contributed by atoms with Crippen molar-refractivity contribution < 1.29 is 9.53 Å². The maximum absolute atomic E-state index is 12.5. The number of ether oxygens (including phenoxy) is 1.